The van der Waals surface area contributed by atoms with E-state index in [4.69, 9.17) is 40.0 Å². The molecule has 0 atom stereocenters. The Morgan fingerprint density at radius 1 is 0.573 bits per heavy atom. The molecule has 33 nitrogen and oxygen atoms in total. The van der Waals surface area contributed by atoms with Crippen molar-refractivity contribution in [3.05, 3.63) is 197 Å². The summed E-state index contributed by atoms with van der Waals surface area (Å²) < 4.78 is 249. The van der Waals surface area contributed by atoms with Crippen LogP contribution in [0.1, 0.15) is 67.9 Å². The van der Waals surface area contributed by atoms with E-state index in [0.29, 0.717) is 48.0 Å². The Morgan fingerprint density at radius 3 is 1.35 bits per heavy atom. The molecule has 0 spiro atoms. The molecule has 0 saturated carbocycles. The van der Waals surface area contributed by atoms with E-state index in [2.05, 4.69) is 94.8 Å². The van der Waals surface area contributed by atoms with Gasteiger partial charge in [0.05, 0.1) is 31.4 Å². The van der Waals surface area contributed by atoms with E-state index >= 15 is 0 Å². The molecule has 0 aliphatic heterocycles. The maximum absolute atomic E-state index is 13.1. The van der Waals surface area contributed by atoms with Crippen molar-refractivity contribution >= 4 is 99.6 Å². The molecule has 8 rings (SSSR count). The number of hydrogen-bond donors (Lipinski definition) is 5. The van der Waals surface area contributed by atoms with Gasteiger partial charge in [-0.15, -0.1) is 11.6 Å². The number of ether oxygens (including phenoxy) is 2. The number of aromatic amines is 4. The van der Waals surface area contributed by atoms with Crippen LogP contribution in [-0.4, -0.2) is 124 Å². The standard InChI is InChI=1S/C14H21F3N2O4Si.C11H17F3N2O3Si.C8H4BrF3N2O2.C8H7F3N2O3.C8H5F3N2O2.C5H3F3N2O2.C3H5ClO.CH2O3.BHNS.2Cs.H/c1-10(20)8-18-12(21)7-11(14(15,16)17)19(13(18)22)9-23-5-6-24(2,3)4;1-20(2,3)5-4-19-7-16-8(11(12,13)14)6-9(17)15-10(16)18;1-3-2-14-6(15)4(9)5(8(10,11)12)13-7(14)16-3;1-4(14)3-13-6(15)2-5(8(9,10)11)12-7(13)16;1-4-3-13-6(14)2-5(8(9,10)11)12-7(13)15-4;6-5(7,8)2-1-3(11)10-4(12)9-2;1-3(5)2-4;2-1-4-3;1-2-3;;;/h7H,5-6,8-9H2,1-4H3;6H,4-5,7H2,1-3H3,(H,15,17,18);2H,1H3;2H,3H2,1H3,(H,12,16);2-3H,1H3;1H,(H2,9,10,11,12);2H2,1H3;1,3H;3H;;;/q;;;;;;;;;2*+1;-1/p-1. The van der Waals surface area contributed by atoms with Gasteiger partial charge in [-0.05, 0) is 62.6 Å². The molecule has 0 aliphatic carbocycles. The fraction of sp³-hybridized carbons (Fsp3) is 0.448. The monoisotopic (exact) mass is 2080 g/mol. The summed E-state index contributed by atoms with van der Waals surface area (Å²) in [5.74, 6) is -0.973. The maximum atomic E-state index is 13.1. The molecule has 8 heterocycles. The number of nitrogens with one attached hydrogen (secondary N) is 4. The van der Waals surface area contributed by atoms with Crippen molar-refractivity contribution in [2.24, 2.45) is 4.30 Å². The zero-order valence-electron chi connectivity index (χ0n) is 63.8. The van der Waals surface area contributed by atoms with Crippen molar-refractivity contribution in [3.8, 4) is 0 Å². The Balaban J connectivity index is -0.000000644. The minimum absolute atomic E-state index is 0. The van der Waals surface area contributed by atoms with E-state index in [1.165, 1.54) is 43.1 Å². The molecule has 59 heteroatoms. The van der Waals surface area contributed by atoms with E-state index in [0.717, 1.165) is 34.7 Å². The number of rotatable bonds is 16. The van der Waals surface area contributed by atoms with Gasteiger partial charge in [0.25, 0.3) is 39.8 Å². The summed E-state index contributed by atoms with van der Waals surface area (Å²) in [5, 5.41) is 8.43. The molecule has 641 valence electrons. The molecule has 4 N–H and O–H groups in total. The SMILES string of the molecule is CC(=O)CCl.CC(=O)Cn1c(=O)cc(C(F)(F)F)[nH]c1=O.CC(=O)Cn1c(=O)cc(C(F)(F)F)n(COCC[Si](C)(C)C)c1=O.C[Si](C)(C)CCOCn1c(C(F)(F)F)cc(=O)[nH]c1=O.Cc1cn2c(=O)c(Br)c(C(F)(F)F)nc2o1.Cc1cn2c(=O)cc(C(F)(F)F)nc2o1.O=CO[O-].O=c1cc(C(F)(F)F)[nH]c(=O)[nH]1.[B]=NS.[Cs+].[Cs+].[H-]. The fourth-order valence-corrected chi connectivity index (χ4v) is 9.36. The van der Waals surface area contributed by atoms with E-state index in [1.807, 2.05) is 0 Å². The zero-order valence-corrected chi connectivity index (χ0v) is 80.6. The van der Waals surface area contributed by atoms with Crippen LogP contribution in [0.3, 0.4) is 0 Å². The van der Waals surface area contributed by atoms with Crippen LogP contribution in [-0.2, 0) is 97.1 Å². The second-order valence-electron chi connectivity index (χ2n) is 24.6. The Bertz CT molecular complexity index is 5250. The quantitative estimate of drug-likeness (QED) is 0.0134. The number of alkyl halides is 19. The second kappa shape index (κ2) is 50.6. The molecular formula is C58H65BBrClCs2F18N13O20SSi2. The number of aryl methyl sites for hydroxylation is 2. The number of hydrogen-bond acceptors (Lipinski definition) is 24. The predicted octanol–water partition coefficient (Wildman–Crippen LogP) is 1.57. The number of H-pyrrole nitrogens is 4. The van der Waals surface area contributed by atoms with Gasteiger partial charge in [0, 0.05) is 59.7 Å². The van der Waals surface area contributed by atoms with E-state index in [1.54, 1.807) is 9.97 Å². The first-order chi connectivity index (χ1) is 52.2. The van der Waals surface area contributed by atoms with Gasteiger partial charge in [-0.3, -0.25) is 76.2 Å². The number of carbonyl (C=O) groups excluding carboxylic acids is 4. The van der Waals surface area contributed by atoms with Crippen LogP contribution in [0.25, 0.3) is 11.7 Å². The van der Waals surface area contributed by atoms with Crippen LogP contribution in [0.5, 0.6) is 0 Å². The number of aromatic nitrogens is 12. The Morgan fingerprint density at radius 2 is 0.966 bits per heavy atom. The van der Waals surface area contributed by atoms with Crippen molar-refractivity contribution in [1.82, 2.24) is 57.0 Å². The number of nitrogens with zero attached hydrogens (tertiary/aromatic N) is 9. The molecule has 0 amide bonds. The van der Waals surface area contributed by atoms with Gasteiger partial charge < -0.3 is 39.8 Å². The summed E-state index contributed by atoms with van der Waals surface area (Å²) >= 11 is 10.8. The van der Waals surface area contributed by atoms with Gasteiger partial charge in [-0.25, -0.2) is 28.0 Å². The van der Waals surface area contributed by atoms with Crippen molar-refractivity contribution in [1.29, 1.82) is 0 Å². The molecule has 0 aliphatic rings. The molecule has 8 aromatic rings. The smallest absolute Gasteiger partial charge is 1.00 e. The van der Waals surface area contributed by atoms with Crippen molar-refractivity contribution in [2.45, 2.75) is 150 Å². The second-order valence-corrected chi connectivity index (χ2v) is 37.1. The average Bonchev–Trinajstić information content (AvgIpc) is 1.12. The van der Waals surface area contributed by atoms with E-state index in [-0.39, 0.29) is 194 Å². The van der Waals surface area contributed by atoms with Crippen LogP contribution in [0, 0.1) is 13.8 Å². The zero-order chi connectivity index (χ0) is 89.8. The van der Waals surface area contributed by atoms with Crippen LogP contribution in [0.2, 0.25) is 51.4 Å². The summed E-state index contributed by atoms with van der Waals surface area (Å²) in [6, 6.07) is 3.10. The summed E-state index contributed by atoms with van der Waals surface area (Å²) in [5.41, 5.74) is -18.9. The summed E-state index contributed by atoms with van der Waals surface area (Å²) in [6.07, 6.45) is -25.9. The van der Waals surface area contributed by atoms with Crippen LogP contribution < -0.4 is 199 Å². The van der Waals surface area contributed by atoms with Crippen molar-refractivity contribution < 1.29 is 266 Å². The number of Topliss-reactive ketones (excluding diaryl/α,β-unsaturated/α-hetero) is 3. The first-order valence-electron chi connectivity index (χ1n) is 30.7. The number of ketones is 3. The molecule has 0 unspecified atom stereocenters. The Labute approximate surface area is 782 Å². The molecule has 0 aromatic carbocycles. The number of carbonyl (C=O) groups is 4. The third kappa shape index (κ3) is 43.0. The minimum Gasteiger partial charge on any atom is -1.00 e. The molecule has 0 saturated heterocycles. The first-order valence-corrected chi connectivity index (χ1v) is 39.8. The third-order valence-corrected chi connectivity index (χ3v) is 16.8. The minimum atomic E-state index is -4.88. The number of oxazole rings is 2. The largest absolute Gasteiger partial charge is 1.00 e. The number of halogens is 20. The van der Waals surface area contributed by atoms with Gasteiger partial charge in [-0.1, -0.05) is 39.3 Å². The van der Waals surface area contributed by atoms with Gasteiger partial charge in [0.2, 0.25) is 0 Å². The Hall–Kier alpha value is -5.82. The van der Waals surface area contributed by atoms with E-state index in [9.17, 15) is 141 Å². The molecular weight excluding hydrogens is 2020 g/mol. The predicted molar refractivity (Wildman–Crippen MR) is 376 cm³/mol. The third-order valence-electron chi connectivity index (χ3n) is 12.3. The number of fused-ring (bicyclic) bond motifs is 2. The van der Waals surface area contributed by atoms with Crippen LogP contribution >= 0.6 is 40.3 Å². The average molecular weight is 2090 g/mol. The summed E-state index contributed by atoms with van der Waals surface area (Å²) in [4.78, 5) is 168. The Kier molecular flexibility index (Phi) is 49.8. The van der Waals surface area contributed by atoms with Gasteiger partial charge in [0.15, 0.2) is 11.4 Å². The van der Waals surface area contributed by atoms with Crippen molar-refractivity contribution in [2.75, 3.05) is 19.1 Å². The first kappa shape index (κ1) is 115. The van der Waals surface area contributed by atoms with Crippen LogP contribution in [0.4, 0.5) is 79.0 Å². The normalized spacial score (nSPS) is 11.4. The van der Waals surface area contributed by atoms with Gasteiger partial charge >= 0.3 is 234 Å². The van der Waals surface area contributed by atoms with Gasteiger partial charge in [0.1, 0.15) is 69.6 Å². The summed E-state index contributed by atoms with van der Waals surface area (Å²) in [6.45, 7) is 17.3. The summed E-state index contributed by atoms with van der Waals surface area (Å²) in [7, 11) is 1.54. The molecule has 0 fully saturated rings. The van der Waals surface area contributed by atoms with E-state index < -0.39 is 186 Å². The van der Waals surface area contributed by atoms with Crippen LogP contribution in [0.15, 0.2) is 108 Å². The fourth-order valence-electron chi connectivity index (χ4n) is 7.34. The molecule has 117 heavy (non-hydrogen) atoms. The maximum Gasteiger partial charge on any atom is 1.00 e. The molecule has 0 bridgehead atoms. The number of thiol groups is 1. The molecule has 1 radical (unpaired) electrons. The molecule has 8 aromatic heterocycles. The topological polar surface area (TPSA) is 446 Å². The van der Waals surface area contributed by atoms with Crippen molar-refractivity contribution in [3.63, 3.8) is 0 Å². The van der Waals surface area contributed by atoms with Gasteiger partial charge in [-0.2, -0.15) is 89.0 Å².